The van der Waals surface area contributed by atoms with Gasteiger partial charge in [-0.3, -0.25) is 9.69 Å². The zero-order valence-corrected chi connectivity index (χ0v) is 12.1. The predicted molar refractivity (Wildman–Crippen MR) is 77.1 cm³/mol. The molecule has 6 heteroatoms. The number of halogens is 2. The molecule has 0 aliphatic carbocycles. The monoisotopic (exact) mass is 305 g/mol. The van der Waals surface area contributed by atoms with Crippen molar-refractivity contribution in [2.24, 2.45) is 0 Å². The molecule has 0 aromatic heterocycles. The average Bonchev–Trinajstić information content (AvgIpc) is 2.56. The van der Waals surface area contributed by atoms with Crippen molar-refractivity contribution in [2.45, 2.75) is 13.0 Å². The summed E-state index contributed by atoms with van der Waals surface area (Å²) in [5.41, 5.74) is 0.471. The molecule has 0 bridgehead atoms. The first-order chi connectivity index (χ1) is 7.99. The molecular formula is C11H9Cl2NOS2. The highest BCUT2D eigenvalue weighted by Gasteiger charge is 2.31. The highest BCUT2D eigenvalue weighted by Crippen LogP contribution is 2.27. The Labute approximate surface area is 119 Å². The van der Waals surface area contributed by atoms with Crippen molar-refractivity contribution in [3.63, 3.8) is 0 Å². The van der Waals surface area contributed by atoms with Gasteiger partial charge in [0.2, 0.25) is 0 Å². The molecule has 0 N–H and O–H groups in total. The Bertz CT molecular complexity index is 472. The first kappa shape index (κ1) is 13.1. The Hall–Kier alpha value is -0.290. The largest absolute Gasteiger partial charge is 0.290 e. The van der Waals surface area contributed by atoms with E-state index in [0.29, 0.717) is 19.9 Å². The Kier molecular flexibility index (Phi) is 3.98. The molecule has 1 aliphatic rings. The summed E-state index contributed by atoms with van der Waals surface area (Å²) in [6, 6.07) is 4.92. The molecule has 0 spiro atoms. The minimum Gasteiger partial charge on any atom is -0.290 e. The fourth-order valence-corrected chi connectivity index (χ4v) is 3.54. The molecule has 2 nitrogen and oxygen atoms in total. The summed E-state index contributed by atoms with van der Waals surface area (Å²) >= 11 is 18.4. The summed E-state index contributed by atoms with van der Waals surface area (Å²) in [7, 11) is 0. The van der Waals surface area contributed by atoms with Gasteiger partial charge in [0.25, 0.3) is 5.91 Å². The van der Waals surface area contributed by atoms with Gasteiger partial charge in [-0.1, -0.05) is 47.2 Å². The maximum atomic E-state index is 12.3. The fraction of sp³-hybridized carbons (Fsp3) is 0.273. The number of carbonyl (C=O) groups excluding carboxylic acids is 1. The average molecular weight is 306 g/mol. The highest BCUT2D eigenvalue weighted by molar-refractivity contribution is 8.23. The van der Waals surface area contributed by atoms with Crippen LogP contribution < -0.4 is 0 Å². The van der Waals surface area contributed by atoms with Gasteiger partial charge in [0.1, 0.15) is 4.32 Å². The Morgan fingerprint density at radius 1 is 1.41 bits per heavy atom. The van der Waals surface area contributed by atoms with Gasteiger partial charge in [0.15, 0.2) is 0 Å². The first-order valence-corrected chi connectivity index (χ1v) is 7.10. The summed E-state index contributed by atoms with van der Waals surface area (Å²) in [6.45, 7) is 1.97. The van der Waals surface area contributed by atoms with Crippen molar-refractivity contribution >= 4 is 57.4 Å². The van der Waals surface area contributed by atoms with Crippen molar-refractivity contribution in [1.82, 2.24) is 4.90 Å². The van der Waals surface area contributed by atoms with Crippen LogP contribution >= 0.6 is 47.2 Å². The predicted octanol–water partition coefficient (Wildman–Crippen LogP) is 3.86. The lowest BCUT2D eigenvalue weighted by Crippen LogP contribution is -2.36. The number of hydrogen-bond donors (Lipinski definition) is 0. The normalized spacial score (nSPS) is 19.8. The van der Waals surface area contributed by atoms with E-state index in [0.717, 1.165) is 5.75 Å². The molecule has 1 saturated heterocycles. The van der Waals surface area contributed by atoms with E-state index in [9.17, 15) is 4.79 Å². The van der Waals surface area contributed by atoms with Crippen LogP contribution in [0.3, 0.4) is 0 Å². The minimum atomic E-state index is -0.142. The summed E-state index contributed by atoms with van der Waals surface area (Å²) in [5, 5.41) is 0.901. The van der Waals surface area contributed by atoms with Gasteiger partial charge in [-0.15, -0.1) is 0 Å². The molecule has 2 rings (SSSR count). The molecule has 1 unspecified atom stereocenters. The Morgan fingerprint density at radius 3 is 2.47 bits per heavy atom. The van der Waals surface area contributed by atoms with Gasteiger partial charge in [-0.2, -0.15) is 0 Å². The third kappa shape index (κ3) is 2.76. The van der Waals surface area contributed by atoms with Crippen LogP contribution in [0.4, 0.5) is 0 Å². The van der Waals surface area contributed by atoms with Crippen LogP contribution in [0.5, 0.6) is 0 Å². The number of amides is 1. The summed E-state index contributed by atoms with van der Waals surface area (Å²) in [6.07, 6.45) is 0. The Morgan fingerprint density at radius 2 is 2.00 bits per heavy atom. The Balaban J connectivity index is 2.33. The van der Waals surface area contributed by atoms with Crippen LogP contribution in [-0.4, -0.2) is 26.9 Å². The molecule has 1 aromatic carbocycles. The van der Waals surface area contributed by atoms with E-state index in [2.05, 4.69) is 0 Å². The van der Waals surface area contributed by atoms with Crippen molar-refractivity contribution in [3.8, 4) is 0 Å². The number of carbonyl (C=O) groups is 1. The van der Waals surface area contributed by atoms with Crippen molar-refractivity contribution < 1.29 is 4.79 Å². The summed E-state index contributed by atoms with van der Waals surface area (Å²) in [5.74, 6) is 0.690. The third-order valence-corrected chi connectivity index (χ3v) is 4.49. The second-order valence-corrected chi connectivity index (χ2v) is 6.29. The lowest BCUT2D eigenvalue weighted by Gasteiger charge is -2.20. The quantitative estimate of drug-likeness (QED) is 0.735. The number of thiocarbonyl (C=S) groups is 1. The maximum absolute atomic E-state index is 12.3. The van der Waals surface area contributed by atoms with Crippen molar-refractivity contribution in [1.29, 1.82) is 0 Å². The zero-order chi connectivity index (χ0) is 12.6. The molecule has 1 fully saturated rings. The molecule has 0 saturated carbocycles. The number of nitrogens with zero attached hydrogens (tertiary/aromatic N) is 1. The van der Waals surface area contributed by atoms with E-state index in [1.165, 1.54) is 11.8 Å². The lowest BCUT2D eigenvalue weighted by molar-refractivity contribution is 0.0831. The second kappa shape index (κ2) is 5.14. The fourth-order valence-electron chi connectivity index (χ4n) is 1.62. The van der Waals surface area contributed by atoms with Crippen molar-refractivity contribution in [3.05, 3.63) is 33.8 Å². The summed E-state index contributed by atoms with van der Waals surface area (Å²) in [4.78, 5) is 13.9. The van der Waals surface area contributed by atoms with Gasteiger partial charge in [0.05, 0.1) is 0 Å². The van der Waals surface area contributed by atoms with Gasteiger partial charge >= 0.3 is 0 Å². The lowest BCUT2D eigenvalue weighted by atomic mass is 10.2. The van der Waals surface area contributed by atoms with E-state index in [1.54, 1.807) is 23.1 Å². The smallest absolute Gasteiger partial charge is 0.259 e. The molecule has 1 aliphatic heterocycles. The van der Waals surface area contributed by atoms with Gasteiger partial charge in [-0.05, 0) is 25.1 Å². The number of benzene rings is 1. The molecule has 1 amide bonds. The maximum Gasteiger partial charge on any atom is 0.259 e. The van der Waals surface area contributed by atoms with Crippen LogP contribution in [0.25, 0.3) is 0 Å². The molecule has 1 atom stereocenters. The van der Waals surface area contributed by atoms with Crippen LogP contribution in [0, 0.1) is 0 Å². The molecule has 17 heavy (non-hydrogen) atoms. The molecule has 1 aromatic rings. The van der Waals surface area contributed by atoms with E-state index < -0.39 is 0 Å². The minimum absolute atomic E-state index is 0.109. The standard InChI is InChI=1S/C11H9Cl2NOS2/c1-6-5-17-11(16)14(6)10(15)7-2-8(12)4-9(13)3-7/h2-4,6H,5H2,1H3. The van der Waals surface area contributed by atoms with E-state index >= 15 is 0 Å². The van der Waals surface area contributed by atoms with Gasteiger partial charge < -0.3 is 0 Å². The summed E-state index contributed by atoms with van der Waals surface area (Å²) < 4.78 is 0.610. The van der Waals surface area contributed by atoms with Crippen LogP contribution in [-0.2, 0) is 0 Å². The molecule has 0 radical (unpaired) electrons. The molecule has 90 valence electrons. The topological polar surface area (TPSA) is 20.3 Å². The number of thioether (sulfide) groups is 1. The van der Waals surface area contributed by atoms with Gasteiger partial charge in [-0.25, -0.2) is 0 Å². The SMILES string of the molecule is CC1CSC(=S)N1C(=O)c1cc(Cl)cc(Cl)c1. The van der Waals surface area contributed by atoms with E-state index in [1.807, 2.05) is 6.92 Å². The zero-order valence-electron chi connectivity index (χ0n) is 8.94. The molecular weight excluding hydrogens is 297 g/mol. The third-order valence-electron chi connectivity index (χ3n) is 2.41. The first-order valence-electron chi connectivity index (χ1n) is 4.95. The van der Waals surface area contributed by atoms with E-state index in [-0.39, 0.29) is 11.9 Å². The highest BCUT2D eigenvalue weighted by atomic mass is 35.5. The number of hydrogen-bond acceptors (Lipinski definition) is 3. The van der Waals surface area contributed by atoms with Crippen LogP contribution in [0.2, 0.25) is 10.0 Å². The van der Waals surface area contributed by atoms with E-state index in [4.69, 9.17) is 35.4 Å². The molecule has 1 heterocycles. The number of rotatable bonds is 1. The van der Waals surface area contributed by atoms with Gasteiger partial charge in [0, 0.05) is 27.4 Å². The van der Waals surface area contributed by atoms with Crippen molar-refractivity contribution in [2.75, 3.05) is 5.75 Å². The second-order valence-electron chi connectivity index (χ2n) is 3.76. The van der Waals surface area contributed by atoms with Crippen LogP contribution in [0.15, 0.2) is 18.2 Å². The van der Waals surface area contributed by atoms with Crippen LogP contribution in [0.1, 0.15) is 17.3 Å².